The lowest BCUT2D eigenvalue weighted by molar-refractivity contribution is -0.137. The van der Waals surface area contributed by atoms with Crippen LogP contribution >= 0.6 is 11.6 Å². The van der Waals surface area contributed by atoms with Crippen molar-refractivity contribution < 1.29 is 23.1 Å². The van der Waals surface area contributed by atoms with Crippen LogP contribution in [-0.4, -0.2) is 11.4 Å². The second kappa shape index (κ2) is 5.50. The average molecular weight is 315 g/mol. The predicted molar refractivity (Wildman–Crippen MR) is 72.0 cm³/mol. The maximum absolute atomic E-state index is 12.9. The average Bonchev–Trinajstić information content (AvgIpc) is 2.46. The lowest BCUT2D eigenvalue weighted by Crippen LogP contribution is -2.29. The molecule has 1 N–H and O–H groups in total. The maximum Gasteiger partial charge on any atom is 0.417 e. The van der Waals surface area contributed by atoms with Crippen molar-refractivity contribution >= 4 is 17.9 Å². The van der Waals surface area contributed by atoms with Gasteiger partial charge in [0.15, 0.2) is 11.9 Å². The summed E-state index contributed by atoms with van der Waals surface area (Å²) in [6.07, 6.45) is -4.47. The normalized spacial score (nSPS) is 14.5. The monoisotopic (exact) mass is 314 g/mol. The summed E-state index contributed by atoms with van der Waals surface area (Å²) in [6.45, 7) is 0. The van der Waals surface area contributed by atoms with E-state index in [1.807, 2.05) is 0 Å². The Morgan fingerprint density at radius 3 is 2.14 bits per heavy atom. The highest BCUT2D eigenvalue weighted by Crippen LogP contribution is 2.38. The van der Waals surface area contributed by atoms with E-state index < -0.39 is 22.4 Å². The Morgan fingerprint density at radius 1 is 1.00 bits per heavy atom. The first-order valence-corrected chi connectivity index (χ1v) is 6.28. The van der Waals surface area contributed by atoms with Gasteiger partial charge in [0.2, 0.25) is 0 Å². The highest BCUT2D eigenvalue weighted by Gasteiger charge is 2.37. The largest absolute Gasteiger partial charge is 0.417 e. The van der Waals surface area contributed by atoms with Crippen LogP contribution in [0.2, 0.25) is 5.02 Å². The van der Waals surface area contributed by atoms with Gasteiger partial charge in [0, 0.05) is 0 Å². The second-order valence-corrected chi connectivity index (χ2v) is 4.85. The number of benzene rings is 2. The van der Waals surface area contributed by atoms with Crippen molar-refractivity contribution in [1.29, 1.82) is 0 Å². The molecule has 0 amide bonds. The van der Waals surface area contributed by atoms with Crippen molar-refractivity contribution in [1.82, 2.24) is 0 Å². The topological polar surface area (TPSA) is 37.3 Å². The fourth-order valence-corrected chi connectivity index (χ4v) is 2.20. The summed E-state index contributed by atoms with van der Waals surface area (Å²) < 4.78 is 38.6. The van der Waals surface area contributed by atoms with Crippen molar-refractivity contribution in [3.8, 4) is 0 Å². The van der Waals surface area contributed by atoms with E-state index in [-0.39, 0.29) is 17.4 Å². The van der Waals surface area contributed by atoms with Gasteiger partial charge in [0.05, 0.1) is 10.6 Å². The van der Waals surface area contributed by atoms with Crippen LogP contribution in [0, 0.1) is 0 Å². The van der Waals surface area contributed by atoms with E-state index in [9.17, 15) is 23.1 Å². The first-order valence-electron chi connectivity index (χ1n) is 5.90. The molecule has 21 heavy (non-hydrogen) atoms. The number of rotatable bonds is 3. The van der Waals surface area contributed by atoms with Crippen LogP contribution in [-0.2, 0) is 16.6 Å². The Hall–Kier alpha value is -1.85. The summed E-state index contributed by atoms with van der Waals surface area (Å²) in [7, 11) is 0. The third kappa shape index (κ3) is 2.94. The zero-order valence-electron chi connectivity index (χ0n) is 10.6. The van der Waals surface area contributed by atoms with Crippen LogP contribution < -0.4 is 0 Å². The summed E-state index contributed by atoms with van der Waals surface area (Å²) in [6, 6.07) is 10.6. The number of carbonyl (C=O) groups excluding carboxylic acids is 1. The molecule has 6 heteroatoms. The zero-order chi connectivity index (χ0) is 15.7. The summed E-state index contributed by atoms with van der Waals surface area (Å²) >= 11 is 5.53. The van der Waals surface area contributed by atoms with Gasteiger partial charge in [-0.3, -0.25) is 4.79 Å². The zero-order valence-corrected chi connectivity index (χ0v) is 11.3. The summed E-state index contributed by atoms with van der Waals surface area (Å²) in [5.41, 5.74) is -3.28. The van der Waals surface area contributed by atoms with E-state index in [2.05, 4.69) is 0 Å². The summed E-state index contributed by atoms with van der Waals surface area (Å²) in [5.74, 6) is 0. The summed E-state index contributed by atoms with van der Waals surface area (Å²) in [5, 5.41) is 9.97. The van der Waals surface area contributed by atoms with E-state index in [0.29, 0.717) is 6.07 Å². The number of alkyl halides is 3. The van der Waals surface area contributed by atoms with Gasteiger partial charge in [0.25, 0.3) is 0 Å². The van der Waals surface area contributed by atoms with Gasteiger partial charge in [-0.2, -0.15) is 13.2 Å². The van der Waals surface area contributed by atoms with E-state index in [1.165, 1.54) is 18.2 Å². The SMILES string of the molecule is O=CC(O)(c1ccccc1)c1ccc(Cl)c(C(F)(F)F)c1. The molecule has 0 saturated carbocycles. The molecular formula is C15H10ClF3O2. The molecule has 0 aromatic heterocycles. The first-order chi connectivity index (χ1) is 9.79. The highest BCUT2D eigenvalue weighted by molar-refractivity contribution is 6.31. The molecule has 0 heterocycles. The van der Waals surface area contributed by atoms with Crippen molar-refractivity contribution in [3.63, 3.8) is 0 Å². The number of halogens is 4. The van der Waals surface area contributed by atoms with Gasteiger partial charge < -0.3 is 5.11 Å². The molecule has 0 spiro atoms. The molecule has 0 aliphatic rings. The Bertz CT molecular complexity index is 656. The minimum Gasteiger partial charge on any atom is -0.373 e. The van der Waals surface area contributed by atoms with E-state index in [1.54, 1.807) is 18.2 Å². The summed E-state index contributed by atoms with van der Waals surface area (Å²) in [4.78, 5) is 11.3. The van der Waals surface area contributed by atoms with E-state index >= 15 is 0 Å². The van der Waals surface area contributed by atoms with Crippen molar-refractivity contribution in [2.75, 3.05) is 0 Å². The highest BCUT2D eigenvalue weighted by atomic mass is 35.5. The maximum atomic E-state index is 12.9. The molecule has 0 aliphatic carbocycles. The van der Waals surface area contributed by atoms with Gasteiger partial charge in [-0.15, -0.1) is 0 Å². The van der Waals surface area contributed by atoms with Crippen LogP contribution in [0.15, 0.2) is 48.5 Å². The number of carbonyl (C=O) groups is 1. The molecule has 0 aliphatic heterocycles. The van der Waals surface area contributed by atoms with E-state index in [4.69, 9.17) is 11.6 Å². The molecule has 1 unspecified atom stereocenters. The van der Waals surface area contributed by atoms with Crippen LogP contribution in [0.3, 0.4) is 0 Å². The number of hydrogen-bond acceptors (Lipinski definition) is 2. The molecule has 110 valence electrons. The number of aldehydes is 1. The van der Waals surface area contributed by atoms with Gasteiger partial charge in [-0.05, 0) is 23.3 Å². The molecule has 1 atom stereocenters. The van der Waals surface area contributed by atoms with Crippen LogP contribution in [0.4, 0.5) is 13.2 Å². The molecule has 0 bridgehead atoms. The van der Waals surface area contributed by atoms with Gasteiger partial charge >= 0.3 is 6.18 Å². The first kappa shape index (κ1) is 15.5. The smallest absolute Gasteiger partial charge is 0.373 e. The molecule has 2 aromatic rings. The fraction of sp³-hybridized carbons (Fsp3) is 0.133. The molecule has 2 aromatic carbocycles. The third-order valence-corrected chi connectivity index (χ3v) is 3.43. The van der Waals surface area contributed by atoms with Gasteiger partial charge in [-0.1, -0.05) is 48.0 Å². The second-order valence-electron chi connectivity index (χ2n) is 4.44. The Kier molecular flexibility index (Phi) is 4.07. The van der Waals surface area contributed by atoms with Crippen molar-refractivity contribution in [2.24, 2.45) is 0 Å². The third-order valence-electron chi connectivity index (χ3n) is 3.10. The molecule has 2 rings (SSSR count). The minimum atomic E-state index is -4.67. The lowest BCUT2D eigenvalue weighted by atomic mass is 9.87. The molecular weight excluding hydrogens is 305 g/mol. The standard InChI is InChI=1S/C15H10ClF3O2/c16-13-7-6-11(8-12(13)15(17,18)19)14(21,9-20)10-4-2-1-3-5-10/h1-9,21H. The van der Waals surface area contributed by atoms with Crippen LogP contribution in [0.25, 0.3) is 0 Å². The number of aliphatic hydroxyl groups is 1. The Balaban J connectivity index is 2.62. The Morgan fingerprint density at radius 2 is 1.62 bits per heavy atom. The van der Waals surface area contributed by atoms with Crippen LogP contribution in [0.5, 0.6) is 0 Å². The number of hydrogen-bond donors (Lipinski definition) is 1. The fourth-order valence-electron chi connectivity index (χ4n) is 1.97. The van der Waals surface area contributed by atoms with Crippen molar-refractivity contribution in [2.45, 2.75) is 11.8 Å². The van der Waals surface area contributed by atoms with Crippen LogP contribution in [0.1, 0.15) is 16.7 Å². The Labute approximate surface area is 123 Å². The van der Waals surface area contributed by atoms with E-state index in [0.717, 1.165) is 6.07 Å². The molecule has 0 radical (unpaired) electrons. The quantitative estimate of drug-likeness (QED) is 0.875. The minimum absolute atomic E-state index is 0.176. The molecule has 0 saturated heterocycles. The lowest BCUT2D eigenvalue weighted by Gasteiger charge is -2.24. The van der Waals surface area contributed by atoms with Crippen molar-refractivity contribution in [3.05, 3.63) is 70.2 Å². The molecule has 0 fully saturated rings. The van der Waals surface area contributed by atoms with Gasteiger partial charge in [-0.25, -0.2) is 0 Å². The molecule has 2 nitrogen and oxygen atoms in total. The predicted octanol–water partition coefficient (Wildman–Crippen LogP) is 3.79. The van der Waals surface area contributed by atoms with Gasteiger partial charge in [0.1, 0.15) is 0 Å².